The molecule has 0 unspecified atom stereocenters. The largest absolute Gasteiger partial charge is 0.293 e. The molecule has 0 aromatic heterocycles. The number of hydrogen-bond donors (Lipinski definition) is 0. The molecule has 0 N–H and O–H groups in total. The van der Waals surface area contributed by atoms with E-state index < -0.39 is 10.0 Å². The molecule has 0 bridgehead atoms. The number of benzene rings is 1. The summed E-state index contributed by atoms with van der Waals surface area (Å²) in [5.74, 6) is 5.06. The number of hydrogen-bond acceptors (Lipinski definition) is 1. The van der Waals surface area contributed by atoms with E-state index in [2.05, 4.69) is 6.92 Å². The fourth-order valence-corrected chi connectivity index (χ4v) is 6.07. The Labute approximate surface area is 99.6 Å². The first-order valence-corrected chi connectivity index (χ1v) is 8.39. The fraction of sp³-hybridized carbons (Fsp3) is 0.500. The van der Waals surface area contributed by atoms with Crippen LogP contribution in [-0.2, 0) is 0 Å². The van der Waals surface area contributed by atoms with Gasteiger partial charge in [0, 0.05) is 11.3 Å². The monoisotopic (exact) mass is 236 g/mol. The summed E-state index contributed by atoms with van der Waals surface area (Å²) in [7, 11) is -0.596. The van der Waals surface area contributed by atoms with E-state index in [4.69, 9.17) is 0 Å². The lowest BCUT2D eigenvalue weighted by atomic mass is 10.2. The van der Waals surface area contributed by atoms with Crippen molar-refractivity contribution in [1.82, 2.24) is 0 Å². The third-order valence-corrected chi connectivity index (χ3v) is 7.96. The van der Waals surface area contributed by atoms with E-state index in [1.165, 1.54) is 30.1 Å². The van der Waals surface area contributed by atoms with Crippen molar-refractivity contribution >= 4 is 15.8 Å². The molecule has 0 spiro atoms. The molecule has 2 rings (SSSR count). The molecule has 1 heterocycles. The van der Waals surface area contributed by atoms with Crippen LogP contribution in [0.1, 0.15) is 30.1 Å². The minimum absolute atomic E-state index is 0.361. The first kappa shape index (κ1) is 11.7. The highest BCUT2D eigenvalue weighted by atomic mass is 32.3. The summed E-state index contributed by atoms with van der Waals surface area (Å²) in [4.78, 5) is 12.2. The van der Waals surface area contributed by atoms with Crippen LogP contribution in [-0.4, -0.2) is 28.8 Å². The maximum atomic E-state index is 12.2. The van der Waals surface area contributed by atoms with Crippen LogP contribution in [0.4, 0.5) is 0 Å². The number of carbonyl (C=O) groups excluding carboxylic acids is 1. The minimum atomic E-state index is -0.596. The molecule has 1 fully saturated rings. The smallest absolute Gasteiger partial charge is 0.171 e. The van der Waals surface area contributed by atoms with Crippen LogP contribution in [0.2, 0.25) is 0 Å². The quantitative estimate of drug-likeness (QED) is 0.731. The van der Waals surface area contributed by atoms with Crippen LogP contribution < -0.4 is 0 Å². The molecule has 1 aromatic rings. The Morgan fingerprint density at radius 1 is 1.19 bits per heavy atom. The molecule has 2 heteroatoms. The van der Waals surface area contributed by atoms with Crippen molar-refractivity contribution in [2.24, 2.45) is 0 Å². The van der Waals surface area contributed by atoms with Crippen LogP contribution in [0.25, 0.3) is 0 Å². The molecule has 0 aliphatic carbocycles. The Bertz CT molecular complexity index is 352. The standard InChI is InChI=1S/C14H20OS/c1-2-16(10-6-7-11-16)12-14(15)13-8-4-3-5-9-13/h3-5,8-9H,2,6-7,10-12H2,1H3. The summed E-state index contributed by atoms with van der Waals surface area (Å²) in [5.41, 5.74) is 0.898. The van der Waals surface area contributed by atoms with Gasteiger partial charge in [0.15, 0.2) is 5.78 Å². The Morgan fingerprint density at radius 3 is 2.38 bits per heavy atom. The molecule has 1 saturated heterocycles. The second-order valence-electron chi connectivity index (χ2n) is 4.56. The molecular formula is C14H20OS. The molecule has 16 heavy (non-hydrogen) atoms. The average molecular weight is 236 g/mol. The van der Waals surface area contributed by atoms with Crippen LogP contribution in [0, 0.1) is 0 Å². The SMILES string of the molecule is CCS1(CC(=O)c2ccccc2)CCCC1. The van der Waals surface area contributed by atoms with Gasteiger partial charge in [-0.25, -0.2) is 10.0 Å². The van der Waals surface area contributed by atoms with E-state index in [0.29, 0.717) is 5.78 Å². The highest BCUT2D eigenvalue weighted by molar-refractivity contribution is 8.34. The van der Waals surface area contributed by atoms with Gasteiger partial charge in [0.05, 0.1) is 0 Å². The van der Waals surface area contributed by atoms with Gasteiger partial charge in [-0.1, -0.05) is 37.3 Å². The summed E-state index contributed by atoms with van der Waals surface area (Å²) in [6.07, 6.45) is 2.68. The molecule has 0 saturated carbocycles. The zero-order chi connectivity index (χ0) is 11.4. The second kappa shape index (κ2) is 5.05. The fourth-order valence-electron chi connectivity index (χ4n) is 2.44. The van der Waals surface area contributed by atoms with Crippen molar-refractivity contribution in [3.8, 4) is 0 Å². The third-order valence-electron chi connectivity index (χ3n) is 3.55. The lowest BCUT2D eigenvalue weighted by molar-refractivity contribution is 0.102. The van der Waals surface area contributed by atoms with Crippen molar-refractivity contribution in [1.29, 1.82) is 0 Å². The topological polar surface area (TPSA) is 17.1 Å². The van der Waals surface area contributed by atoms with Gasteiger partial charge < -0.3 is 0 Å². The molecule has 0 atom stereocenters. The lowest BCUT2D eigenvalue weighted by Gasteiger charge is -2.33. The van der Waals surface area contributed by atoms with Crippen LogP contribution in [0.15, 0.2) is 30.3 Å². The number of ketones is 1. The van der Waals surface area contributed by atoms with Gasteiger partial charge in [-0.05, 0) is 30.1 Å². The highest BCUT2D eigenvalue weighted by Crippen LogP contribution is 2.53. The Kier molecular flexibility index (Phi) is 3.70. The summed E-state index contributed by atoms with van der Waals surface area (Å²) < 4.78 is 0. The lowest BCUT2D eigenvalue weighted by Crippen LogP contribution is -2.17. The van der Waals surface area contributed by atoms with Gasteiger partial charge in [-0.2, -0.15) is 0 Å². The molecule has 0 amide bonds. The van der Waals surface area contributed by atoms with Gasteiger partial charge in [0.1, 0.15) is 0 Å². The molecule has 88 valence electrons. The van der Waals surface area contributed by atoms with Gasteiger partial charge in [-0.15, -0.1) is 0 Å². The van der Waals surface area contributed by atoms with Gasteiger partial charge in [-0.3, -0.25) is 4.79 Å². The maximum Gasteiger partial charge on any atom is 0.171 e. The summed E-state index contributed by atoms with van der Waals surface area (Å²) in [5, 5.41) is 0. The minimum Gasteiger partial charge on any atom is -0.293 e. The third kappa shape index (κ3) is 2.49. The Hall–Kier alpha value is -0.760. The van der Waals surface area contributed by atoms with E-state index in [1.807, 2.05) is 30.3 Å². The Morgan fingerprint density at radius 2 is 1.81 bits per heavy atom. The molecule has 1 nitrogen and oxygen atoms in total. The zero-order valence-electron chi connectivity index (χ0n) is 9.95. The van der Waals surface area contributed by atoms with Crippen molar-refractivity contribution < 1.29 is 4.79 Å². The van der Waals surface area contributed by atoms with Gasteiger partial charge in [0.2, 0.25) is 0 Å². The van der Waals surface area contributed by atoms with Crippen LogP contribution in [0.3, 0.4) is 0 Å². The van der Waals surface area contributed by atoms with Crippen LogP contribution >= 0.6 is 10.0 Å². The molecule has 1 aliphatic heterocycles. The Balaban J connectivity index is 2.07. The molecule has 1 aliphatic rings. The van der Waals surface area contributed by atoms with Crippen molar-refractivity contribution in [3.63, 3.8) is 0 Å². The van der Waals surface area contributed by atoms with E-state index in [-0.39, 0.29) is 0 Å². The van der Waals surface area contributed by atoms with Crippen molar-refractivity contribution in [3.05, 3.63) is 35.9 Å². The van der Waals surface area contributed by atoms with Crippen molar-refractivity contribution in [2.75, 3.05) is 23.0 Å². The number of rotatable bonds is 4. The van der Waals surface area contributed by atoms with E-state index >= 15 is 0 Å². The van der Waals surface area contributed by atoms with E-state index in [9.17, 15) is 4.79 Å². The normalized spacial score (nSPS) is 20.6. The van der Waals surface area contributed by atoms with E-state index in [0.717, 1.165) is 11.3 Å². The number of Topliss-reactive ketones (excluding diaryl/α,β-unsaturated/α-hetero) is 1. The van der Waals surface area contributed by atoms with Gasteiger partial charge >= 0.3 is 0 Å². The first-order valence-electron chi connectivity index (χ1n) is 6.08. The molecule has 1 aromatic carbocycles. The van der Waals surface area contributed by atoms with E-state index in [1.54, 1.807) is 0 Å². The second-order valence-corrected chi connectivity index (χ2v) is 8.69. The predicted octanol–water partition coefficient (Wildman–Crippen LogP) is 3.49. The van der Waals surface area contributed by atoms with Crippen LogP contribution in [0.5, 0.6) is 0 Å². The molecular weight excluding hydrogens is 216 g/mol. The molecule has 0 radical (unpaired) electrons. The summed E-state index contributed by atoms with van der Waals surface area (Å²) in [6, 6.07) is 9.76. The maximum absolute atomic E-state index is 12.2. The van der Waals surface area contributed by atoms with Gasteiger partial charge in [0.25, 0.3) is 0 Å². The number of carbonyl (C=O) groups is 1. The first-order chi connectivity index (χ1) is 7.76. The predicted molar refractivity (Wildman–Crippen MR) is 72.7 cm³/mol. The average Bonchev–Trinajstić information content (AvgIpc) is 2.79. The van der Waals surface area contributed by atoms with Crippen molar-refractivity contribution in [2.45, 2.75) is 19.8 Å². The summed E-state index contributed by atoms with van der Waals surface area (Å²) >= 11 is 0. The summed E-state index contributed by atoms with van der Waals surface area (Å²) in [6.45, 7) is 2.26. The highest BCUT2D eigenvalue weighted by Gasteiger charge is 2.29. The zero-order valence-corrected chi connectivity index (χ0v) is 10.8.